The minimum atomic E-state index is -4.20. The topological polar surface area (TPSA) is 111 Å². The van der Waals surface area contributed by atoms with Crippen molar-refractivity contribution in [1.29, 1.82) is 0 Å². The van der Waals surface area contributed by atoms with Gasteiger partial charge in [-0.2, -0.15) is 0 Å². The number of nitrogens with one attached hydrogen (secondary N) is 1. The van der Waals surface area contributed by atoms with E-state index in [9.17, 15) is 16.8 Å². The number of fused-ring (bicyclic) bond motifs is 2. The summed E-state index contributed by atoms with van der Waals surface area (Å²) in [6, 6.07) is 21.7. The molecule has 2 aromatic heterocycles. The maximum Gasteiger partial charge on any atom is 0.263 e. The molecule has 41 heavy (non-hydrogen) atoms. The van der Waals surface area contributed by atoms with Crippen LogP contribution < -0.4 is 4.72 Å². The molecule has 0 unspecified atom stereocenters. The van der Waals surface area contributed by atoms with Crippen LogP contribution in [0.25, 0.3) is 22.2 Å². The van der Waals surface area contributed by atoms with E-state index in [1.807, 2.05) is 25.1 Å². The van der Waals surface area contributed by atoms with Crippen molar-refractivity contribution in [2.24, 2.45) is 0 Å². The molecule has 0 saturated heterocycles. The Labute approximate surface area is 241 Å². The molecule has 10 heteroatoms. The summed E-state index contributed by atoms with van der Waals surface area (Å²) in [5, 5.41) is 0. The molecule has 3 aromatic carbocycles. The number of unbranched alkanes of at least 4 members (excludes halogenated alkanes) is 5. The van der Waals surface area contributed by atoms with Gasteiger partial charge in [-0.05, 0) is 49.7 Å². The predicted octanol–water partition coefficient (Wildman–Crippen LogP) is 6.89. The highest BCUT2D eigenvalue weighted by atomic mass is 32.2. The Bertz CT molecular complexity index is 1880. The summed E-state index contributed by atoms with van der Waals surface area (Å²) in [6.07, 6.45) is 6.11. The van der Waals surface area contributed by atoms with Crippen LogP contribution in [-0.4, -0.2) is 31.4 Å². The minimum absolute atomic E-state index is 0.0358. The van der Waals surface area contributed by atoms with Gasteiger partial charge >= 0.3 is 0 Å². The van der Waals surface area contributed by atoms with Crippen LogP contribution in [0.15, 0.2) is 93.5 Å². The van der Waals surface area contributed by atoms with Gasteiger partial charge < -0.3 is 4.57 Å². The molecule has 0 saturated carbocycles. The smallest absolute Gasteiger partial charge is 0.263 e. The molecule has 0 atom stereocenters. The van der Waals surface area contributed by atoms with E-state index in [-0.39, 0.29) is 26.0 Å². The summed E-state index contributed by atoms with van der Waals surface area (Å²) in [6.45, 7) is 4.41. The summed E-state index contributed by atoms with van der Waals surface area (Å²) in [7, 11) is -8.34. The van der Waals surface area contributed by atoms with Crippen molar-refractivity contribution in [3.63, 3.8) is 0 Å². The highest BCUT2D eigenvalue weighted by Gasteiger charge is 2.33. The van der Waals surface area contributed by atoms with Crippen LogP contribution in [0.4, 0.5) is 5.82 Å². The third-order valence-electron chi connectivity index (χ3n) is 7.13. The van der Waals surface area contributed by atoms with Gasteiger partial charge in [0.25, 0.3) is 10.0 Å². The molecule has 5 rings (SSSR count). The average molecular weight is 591 g/mol. The highest BCUT2D eigenvalue weighted by molar-refractivity contribution is 7.93. The van der Waals surface area contributed by atoms with E-state index in [0.29, 0.717) is 23.2 Å². The lowest BCUT2D eigenvalue weighted by molar-refractivity contribution is 0.564. The number of hydrogen-bond acceptors (Lipinski definition) is 6. The molecular formula is C31H34N4O4S2. The minimum Gasteiger partial charge on any atom is -0.309 e. The van der Waals surface area contributed by atoms with E-state index in [1.165, 1.54) is 24.3 Å². The first kappa shape index (κ1) is 28.8. The fourth-order valence-electron chi connectivity index (χ4n) is 4.92. The summed E-state index contributed by atoms with van der Waals surface area (Å²) < 4.78 is 60.1. The van der Waals surface area contributed by atoms with E-state index in [0.717, 1.165) is 44.1 Å². The lowest BCUT2D eigenvalue weighted by Gasteiger charge is -2.15. The van der Waals surface area contributed by atoms with E-state index in [2.05, 4.69) is 11.6 Å². The van der Waals surface area contributed by atoms with Gasteiger partial charge in [0.1, 0.15) is 16.2 Å². The zero-order valence-corrected chi connectivity index (χ0v) is 24.9. The number of hydrogen-bond donors (Lipinski definition) is 1. The third-order valence-corrected chi connectivity index (χ3v) is 10.3. The van der Waals surface area contributed by atoms with Gasteiger partial charge in [0.2, 0.25) is 9.84 Å². The van der Waals surface area contributed by atoms with Crippen molar-refractivity contribution in [1.82, 2.24) is 14.5 Å². The Morgan fingerprint density at radius 1 is 0.707 bits per heavy atom. The Kier molecular flexibility index (Phi) is 8.42. The zero-order valence-electron chi connectivity index (χ0n) is 23.2. The molecule has 0 radical (unpaired) electrons. The number of anilines is 1. The first-order valence-electron chi connectivity index (χ1n) is 13.9. The third kappa shape index (κ3) is 5.99. The second-order valence-corrected chi connectivity index (χ2v) is 13.8. The summed E-state index contributed by atoms with van der Waals surface area (Å²) in [5.74, 6) is -0.0479. The molecule has 2 heterocycles. The second kappa shape index (κ2) is 12.0. The van der Waals surface area contributed by atoms with Crippen molar-refractivity contribution >= 4 is 47.9 Å². The lowest BCUT2D eigenvalue weighted by atomic mass is 10.1. The molecule has 214 valence electrons. The standard InChI is InChI=1S/C31H34N4O4S2/c1-3-4-5-6-7-13-22-35-30-28(32-26-16-11-12-17-27(26)33-30)29(40(36,37)24-14-9-8-10-15-24)31(35)34-41(38,39)25-20-18-23(2)19-21-25/h8-12,14-21,34H,3-7,13,22H2,1-2H3. The van der Waals surface area contributed by atoms with E-state index in [1.54, 1.807) is 41.0 Å². The molecule has 0 aliphatic rings. The molecule has 5 aromatic rings. The molecule has 0 bridgehead atoms. The Balaban J connectivity index is 1.74. The lowest BCUT2D eigenvalue weighted by Crippen LogP contribution is -2.18. The van der Waals surface area contributed by atoms with Crippen LogP contribution >= 0.6 is 0 Å². The number of aryl methyl sites for hydroxylation is 2. The normalized spacial score (nSPS) is 12.2. The molecule has 0 fully saturated rings. The fraction of sp³-hybridized carbons (Fsp3) is 0.290. The first-order valence-corrected chi connectivity index (χ1v) is 16.9. The SMILES string of the molecule is CCCCCCCCn1c(NS(=O)(=O)c2ccc(C)cc2)c(S(=O)(=O)c2ccccc2)c2nc3ccccc3nc21. The van der Waals surface area contributed by atoms with Crippen LogP contribution in [0, 0.1) is 6.92 Å². The molecular weight excluding hydrogens is 556 g/mol. The number of benzene rings is 3. The van der Waals surface area contributed by atoms with Crippen molar-refractivity contribution in [3.05, 3.63) is 84.4 Å². The second-order valence-electron chi connectivity index (χ2n) is 10.2. The van der Waals surface area contributed by atoms with E-state index in [4.69, 9.17) is 9.97 Å². The predicted molar refractivity (Wildman–Crippen MR) is 162 cm³/mol. The van der Waals surface area contributed by atoms with Crippen molar-refractivity contribution < 1.29 is 16.8 Å². The average Bonchev–Trinajstić information content (AvgIpc) is 3.25. The molecule has 0 spiro atoms. The highest BCUT2D eigenvalue weighted by Crippen LogP contribution is 2.38. The van der Waals surface area contributed by atoms with Crippen LogP contribution in [-0.2, 0) is 26.4 Å². The summed E-state index contributed by atoms with van der Waals surface area (Å²) in [4.78, 5) is 9.43. The van der Waals surface area contributed by atoms with E-state index >= 15 is 0 Å². The zero-order chi connectivity index (χ0) is 29.0. The van der Waals surface area contributed by atoms with Gasteiger partial charge in [-0.3, -0.25) is 4.72 Å². The Hall–Kier alpha value is -3.76. The maximum absolute atomic E-state index is 14.2. The number of rotatable bonds is 12. The number of sulfonamides is 1. The molecule has 0 aliphatic heterocycles. The quantitative estimate of drug-likeness (QED) is 0.159. The first-order chi connectivity index (χ1) is 19.7. The van der Waals surface area contributed by atoms with Gasteiger partial charge in [0, 0.05) is 6.54 Å². The maximum atomic E-state index is 14.2. The molecule has 0 amide bonds. The van der Waals surface area contributed by atoms with Gasteiger partial charge in [0.15, 0.2) is 5.65 Å². The molecule has 1 N–H and O–H groups in total. The van der Waals surface area contributed by atoms with Gasteiger partial charge in [-0.25, -0.2) is 26.8 Å². The molecule has 0 aliphatic carbocycles. The molecule has 8 nitrogen and oxygen atoms in total. The summed E-state index contributed by atoms with van der Waals surface area (Å²) in [5.41, 5.74) is 2.49. The van der Waals surface area contributed by atoms with Gasteiger partial charge in [-0.15, -0.1) is 0 Å². The Morgan fingerprint density at radius 2 is 1.32 bits per heavy atom. The largest absolute Gasteiger partial charge is 0.309 e. The van der Waals surface area contributed by atoms with E-state index < -0.39 is 19.9 Å². The van der Waals surface area contributed by atoms with Gasteiger partial charge in [-0.1, -0.05) is 87.1 Å². The number of nitrogens with zero attached hydrogens (tertiary/aromatic N) is 3. The van der Waals surface area contributed by atoms with Gasteiger partial charge in [0.05, 0.1) is 20.8 Å². The van der Waals surface area contributed by atoms with Crippen LogP contribution in [0.2, 0.25) is 0 Å². The van der Waals surface area contributed by atoms with Crippen LogP contribution in [0.1, 0.15) is 51.0 Å². The summed E-state index contributed by atoms with van der Waals surface area (Å²) >= 11 is 0. The Morgan fingerprint density at radius 3 is 2.00 bits per heavy atom. The van der Waals surface area contributed by atoms with Crippen LogP contribution in [0.5, 0.6) is 0 Å². The number of sulfone groups is 1. The van der Waals surface area contributed by atoms with Crippen molar-refractivity contribution in [2.45, 2.75) is 73.6 Å². The monoisotopic (exact) mass is 590 g/mol. The number of aromatic nitrogens is 3. The van der Waals surface area contributed by atoms with Crippen molar-refractivity contribution in [2.75, 3.05) is 4.72 Å². The fourth-order valence-corrected chi connectivity index (χ4v) is 7.62. The number of para-hydroxylation sites is 2. The van der Waals surface area contributed by atoms with Crippen molar-refractivity contribution in [3.8, 4) is 0 Å². The van der Waals surface area contributed by atoms with Crippen LogP contribution in [0.3, 0.4) is 0 Å².